The van der Waals surface area contributed by atoms with E-state index in [1.54, 1.807) is 0 Å². The van der Waals surface area contributed by atoms with Gasteiger partial charge in [-0.1, -0.05) is 35.0 Å². The molecule has 1 rings (SSSR count). The maximum absolute atomic E-state index is 10.4. The molecule has 0 radical (unpaired) electrons. The van der Waals surface area contributed by atoms with Crippen LogP contribution < -0.4 is 10.8 Å². The van der Waals surface area contributed by atoms with Crippen LogP contribution in [0.1, 0.15) is 30.5 Å². The van der Waals surface area contributed by atoms with Gasteiger partial charge in [-0.15, -0.1) is 0 Å². The highest BCUT2D eigenvalue weighted by Crippen LogP contribution is 2.22. The number of rotatable bonds is 4. The molecule has 1 atom stereocenters. The summed E-state index contributed by atoms with van der Waals surface area (Å²) in [6, 6.07) is 5.59. The predicted octanol–water partition coefficient (Wildman–Crippen LogP) is 0.434. The number of carboxylic acids is 1. The molecule has 0 aromatic heterocycles. The smallest absolute Gasteiger partial charge is 0.115 e. The van der Waals surface area contributed by atoms with E-state index in [0.717, 1.165) is 16.5 Å². The summed E-state index contributed by atoms with van der Waals surface area (Å²) in [6.45, 7) is 2.07. The molecule has 1 aromatic carbocycles. The number of carbonyl (C=O) groups is 1. The second-order valence-corrected chi connectivity index (χ2v) is 4.33. The Kier molecular flexibility index (Phi) is 4.29. The number of carboxylic acid groups (broad SMARTS) is 1. The van der Waals surface area contributed by atoms with Crippen molar-refractivity contribution in [2.24, 2.45) is 0 Å². The molecule has 0 aliphatic heterocycles. The van der Waals surface area contributed by atoms with Gasteiger partial charge in [-0.3, -0.25) is 0 Å². The Hall–Kier alpha value is -0.870. The molecule has 1 aromatic rings. The van der Waals surface area contributed by atoms with Crippen LogP contribution in [0.25, 0.3) is 0 Å². The number of benzene rings is 1. The SMILES string of the molecule is CCc1ccc([C@H]([NH3+])CC(=O)[O-])cc1Br. The van der Waals surface area contributed by atoms with Crippen molar-refractivity contribution < 1.29 is 15.6 Å². The van der Waals surface area contributed by atoms with Crippen LogP contribution in [-0.2, 0) is 11.2 Å². The fraction of sp³-hybridized carbons (Fsp3) is 0.364. The molecule has 82 valence electrons. The first-order valence-corrected chi connectivity index (χ1v) is 5.65. The van der Waals surface area contributed by atoms with Crippen LogP contribution in [0.3, 0.4) is 0 Å². The number of halogens is 1. The first-order valence-electron chi connectivity index (χ1n) is 4.85. The van der Waals surface area contributed by atoms with Gasteiger partial charge in [-0.2, -0.15) is 0 Å². The molecule has 0 saturated heterocycles. The number of aryl methyl sites for hydroxylation is 1. The Balaban J connectivity index is 2.87. The van der Waals surface area contributed by atoms with Crippen molar-refractivity contribution in [3.63, 3.8) is 0 Å². The fourth-order valence-electron chi connectivity index (χ4n) is 1.42. The van der Waals surface area contributed by atoms with Crippen molar-refractivity contribution in [1.82, 2.24) is 0 Å². The van der Waals surface area contributed by atoms with Crippen LogP contribution in [0.15, 0.2) is 22.7 Å². The van der Waals surface area contributed by atoms with E-state index in [0.29, 0.717) is 0 Å². The average Bonchev–Trinajstić information content (AvgIpc) is 2.16. The van der Waals surface area contributed by atoms with Gasteiger partial charge in [0.2, 0.25) is 0 Å². The lowest BCUT2D eigenvalue weighted by Gasteiger charge is -2.11. The molecule has 0 unspecified atom stereocenters. The van der Waals surface area contributed by atoms with Gasteiger partial charge in [0, 0.05) is 22.4 Å². The molecule has 4 heteroatoms. The molecule has 0 bridgehead atoms. The van der Waals surface area contributed by atoms with Gasteiger partial charge in [-0.25, -0.2) is 0 Å². The summed E-state index contributed by atoms with van der Waals surface area (Å²) < 4.78 is 1.01. The lowest BCUT2D eigenvalue weighted by Crippen LogP contribution is -2.55. The quantitative estimate of drug-likeness (QED) is 0.863. The monoisotopic (exact) mass is 271 g/mol. The lowest BCUT2D eigenvalue weighted by molar-refractivity contribution is -0.430. The Morgan fingerprint density at radius 2 is 2.27 bits per heavy atom. The molecule has 0 fully saturated rings. The summed E-state index contributed by atoms with van der Waals surface area (Å²) in [7, 11) is 0. The summed E-state index contributed by atoms with van der Waals surface area (Å²) >= 11 is 3.45. The molecule has 0 saturated carbocycles. The van der Waals surface area contributed by atoms with Crippen molar-refractivity contribution in [1.29, 1.82) is 0 Å². The number of hydrogen-bond donors (Lipinski definition) is 1. The van der Waals surface area contributed by atoms with Gasteiger partial charge >= 0.3 is 0 Å². The van der Waals surface area contributed by atoms with E-state index in [1.807, 2.05) is 18.2 Å². The van der Waals surface area contributed by atoms with Crippen LogP contribution in [0.4, 0.5) is 0 Å². The van der Waals surface area contributed by atoms with E-state index < -0.39 is 5.97 Å². The normalized spacial score (nSPS) is 12.5. The summed E-state index contributed by atoms with van der Waals surface area (Å²) in [5.74, 6) is -1.06. The molecule has 0 aliphatic carbocycles. The van der Waals surface area contributed by atoms with Crippen molar-refractivity contribution in [3.05, 3.63) is 33.8 Å². The van der Waals surface area contributed by atoms with Gasteiger partial charge in [-0.05, 0) is 18.1 Å². The van der Waals surface area contributed by atoms with Gasteiger partial charge in [0.05, 0.1) is 0 Å². The third-order valence-corrected chi connectivity index (χ3v) is 3.08. The molecular weight excluding hydrogens is 258 g/mol. The second kappa shape index (κ2) is 5.28. The van der Waals surface area contributed by atoms with E-state index in [2.05, 4.69) is 28.6 Å². The number of quaternary nitrogens is 1. The molecule has 0 amide bonds. The summed E-state index contributed by atoms with van der Waals surface area (Å²) in [4.78, 5) is 10.4. The number of hydrogen-bond acceptors (Lipinski definition) is 2. The standard InChI is InChI=1S/C11H14BrNO2/c1-2-7-3-4-8(5-9(7)12)10(13)6-11(14)15/h3-5,10H,2,6,13H2,1H3,(H,14,15)/t10-/m1/s1. The third kappa shape index (κ3) is 3.32. The minimum absolute atomic E-state index is 0.0437. The van der Waals surface area contributed by atoms with Crippen LogP contribution in [-0.4, -0.2) is 5.97 Å². The highest BCUT2D eigenvalue weighted by Gasteiger charge is 2.11. The van der Waals surface area contributed by atoms with Gasteiger partial charge in [0.1, 0.15) is 6.04 Å². The molecule has 0 heterocycles. The van der Waals surface area contributed by atoms with E-state index in [9.17, 15) is 9.90 Å². The van der Waals surface area contributed by atoms with Crippen molar-refractivity contribution in [3.8, 4) is 0 Å². The molecule has 3 nitrogen and oxygen atoms in total. The largest absolute Gasteiger partial charge is 0.550 e. The van der Waals surface area contributed by atoms with Gasteiger partial charge in [0.25, 0.3) is 0 Å². The van der Waals surface area contributed by atoms with E-state index in [-0.39, 0.29) is 12.5 Å². The van der Waals surface area contributed by atoms with Gasteiger partial charge < -0.3 is 15.6 Å². The predicted molar refractivity (Wildman–Crippen MR) is 58.8 cm³/mol. The third-order valence-electron chi connectivity index (χ3n) is 2.34. The number of aliphatic carboxylic acids is 1. The van der Waals surface area contributed by atoms with Crippen molar-refractivity contribution in [2.45, 2.75) is 25.8 Å². The summed E-state index contributed by atoms with van der Waals surface area (Å²) in [5.41, 5.74) is 5.93. The summed E-state index contributed by atoms with van der Waals surface area (Å²) in [6.07, 6.45) is 0.904. The average molecular weight is 272 g/mol. The van der Waals surface area contributed by atoms with E-state index >= 15 is 0 Å². The second-order valence-electron chi connectivity index (χ2n) is 3.48. The molecular formula is C11H14BrNO2. The zero-order valence-corrected chi connectivity index (χ0v) is 10.2. The topological polar surface area (TPSA) is 67.8 Å². The first kappa shape index (κ1) is 12.2. The fourth-order valence-corrected chi connectivity index (χ4v) is 2.10. The summed E-state index contributed by atoms with van der Waals surface area (Å²) in [5, 5.41) is 10.4. The van der Waals surface area contributed by atoms with Gasteiger partial charge in [0.15, 0.2) is 0 Å². The minimum atomic E-state index is -1.06. The molecule has 0 aliphatic rings. The highest BCUT2D eigenvalue weighted by atomic mass is 79.9. The zero-order chi connectivity index (χ0) is 11.4. The zero-order valence-electron chi connectivity index (χ0n) is 8.63. The van der Waals surface area contributed by atoms with Crippen molar-refractivity contribution >= 4 is 21.9 Å². The van der Waals surface area contributed by atoms with Crippen LogP contribution in [0, 0.1) is 0 Å². The Bertz CT molecular complexity index is 366. The Morgan fingerprint density at radius 3 is 2.73 bits per heavy atom. The van der Waals surface area contributed by atoms with E-state index in [1.165, 1.54) is 5.56 Å². The lowest BCUT2D eigenvalue weighted by atomic mass is 10.0. The first-order chi connectivity index (χ1) is 7.04. The number of carbonyl (C=O) groups excluding carboxylic acids is 1. The Labute approximate surface area is 97.4 Å². The van der Waals surface area contributed by atoms with Crippen LogP contribution >= 0.6 is 15.9 Å². The molecule has 3 N–H and O–H groups in total. The van der Waals surface area contributed by atoms with Crippen LogP contribution in [0.5, 0.6) is 0 Å². The Morgan fingerprint density at radius 1 is 1.60 bits per heavy atom. The maximum atomic E-state index is 10.4. The maximum Gasteiger partial charge on any atom is 0.115 e. The highest BCUT2D eigenvalue weighted by molar-refractivity contribution is 9.10. The molecule has 15 heavy (non-hydrogen) atoms. The van der Waals surface area contributed by atoms with E-state index in [4.69, 9.17) is 0 Å². The molecule has 0 spiro atoms. The minimum Gasteiger partial charge on any atom is -0.550 e. The van der Waals surface area contributed by atoms with Crippen molar-refractivity contribution in [2.75, 3.05) is 0 Å². The van der Waals surface area contributed by atoms with Crippen LogP contribution in [0.2, 0.25) is 0 Å².